The van der Waals surface area contributed by atoms with Gasteiger partial charge in [-0.15, -0.1) is 0 Å². The molecule has 3 N–H and O–H groups in total. The van der Waals surface area contributed by atoms with Gasteiger partial charge >= 0.3 is 12.0 Å². The lowest BCUT2D eigenvalue weighted by Gasteiger charge is -2.32. The smallest absolute Gasteiger partial charge is 0.328 e. The molecule has 3 amide bonds. The predicted octanol–water partition coefficient (Wildman–Crippen LogP) is 1.01. The summed E-state index contributed by atoms with van der Waals surface area (Å²) in [5.74, 6) is -2.15. The molecule has 0 saturated carbocycles. The van der Waals surface area contributed by atoms with Gasteiger partial charge in [-0.2, -0.15) is 0 Å². The van der Waals surface area contributed by atoms with E-state index in [4.69, 9.17) is 5.11 Å². The van der Waals surface area contributed by atoms with Gasteiger partial charge in [-0.1, -0.05) is 0 Å². The van der Waals surface area contributed by atoms with Crippen LogP contribution in [0.1, 0.15) is 0 Å². The van der Waals surface area contributed by atoms with Gasteiger partial charge in [0.25, 0.3) is 0 Å². The fourth-order valence-corrected chi connectivity index (χ4v) is 2.22. The van der Waals surface area contributed by atoms with Crippen molar-refractivity contribution in [3.8, 4) is 0 Å². The summed E-state index contributed by atoms with van der Waals surface area (Å²) >= 11 is 2.98. The number of nitrogens with one attached hydrogen (secondary N) is 2. The predicted molar refractivity (Wildman–Crippen MR) is 74.3 cm³/mol. The molecular formula is C12H11BrFN3O4. The van der Waals surface area contributed by atoms with Gasteiger partial charge < -0.3 is 15.7 Å². The first-order valence-corrected chi connectivity index (χ1v) is 6.70. The molecule has 0 radical (unpaired) electrons. The summed E-state index contributed by atoms with van der Waals surface area (Å²) in [7, 11) is 0. The largest absolute Gasteiger partial charge is 0.480 e. The average molecular weight is 360 g/mol. The van der Waals surface area contributed by atoms with E-state index in [0.29, 0.717) is 0 Å². The molecule has 1 atom stereocenters. The van der Waals surface area contributed by atoms with E-state index in [2.05, 4.69) is 26.6 Å². The molecule has 1 aliphatic heterocycles. The second kappa shape index (κ2) is 6.08. The van der Waals surface area contributed by atoms with Crippen LogP contribution in [0, 0.1) is 5.82 Å². The zero-order valence-electron chi connectivity index (χ0n) is 10.6. The maximum absolute atomic E-state index is 13.1. The Kier molecular flexibility index (Phi) is 4.41. The van der Waals surface area contributed by atoms with Crippen molar-refractivity contribution in [3.63, 3.8) is 0 Å². The Labute approximate surface area is 127 Å². The molecule has 0 spiro atoms. The lowest BCUT2D eigenvalue weighted by atomic mass is 10.2. The molecule has 1 fully saturated rings. The van der Waals surface area contributed by atoms with E-state index < -0.39 is 29.8 Å². The summed E-state index contributed by atoms with van der Waals surface area (Å²) in [5, 5.41) is 13.9. The van der Waals surface area contributed by atoms with Crippen LogP contribution in [0.2, 0.25) is 0 Å². The normalized spacial score (nSPS) is 18.1. The number of carboxylic acid groups (broad SMARTS) is 1. The summed E-state index contributed by atoms with van der Waals surface area (Å²) in [6.07, 6.45) is 0. The van der Waals surface area contributed by atoms with Crippen LogP contribution in [0.15, 0.2) is 22.7 Å². The molecule has 7 nitrogen and oxygen atoms in total. The Bertz CT molecular complexity index is 610. The van der Waals surface area contributed by atoms with Crippen molar-refractivity contribution in [2.45, 2.75) is 6.04 Å². The van der Waals surface area contributed by atoms with Crippen molar-refractivity contribution in [3.05, 3.63) is 28.5 Å². The van der Waals surface area contributed by atoms with Gasteiger partial charge in [0.1, 0.15) is 18.4 Å². The third-order valence-corrected chi connectivity index (χ3v) is 3.51. The number of benzene rings is 1. The van der Waals surface area contributed by atoms with Gasteiger partial charge in [0.05, 0.1) is 4.47 Å². The first-order valence-electron chi connectivity index (χ1n) is 5.90. The summed E-state index contributed by atoms with van der Waals surface area (Å²) in [6.45, 7) is -0.514. The molecule has 1 aliphatic rings. The first kappa shape index (κ1) is 15.2. The maximum atomic E-state index is 13.1. The van der Waals surface area contributed by atoms with Crippen molar-refractivity contribution < 1.29 is 23.9 Å². The quantitative estimate of drug-likeness (QED) is 0.733. The van der Waals surface area contributed by atoms with E-state index in [1.807, 2.05) is 0 Å². The molecule has 1 unspecified atom stereocenters. The minimum Gasteiger partial charge on any atom is -0.480 e. The van der Waals surface area contributed by atoms with Crippen LogP contribution in [0.3, 0.4) is 0 Å². The van der Waals surface area contributed by atoms with Gasteiger partial charge in [-0.05, 0) is 34.1 Å². The van der Waals surface area contributed by atoms with Crippen LogP contribution in [0.5, 0.6) is 0 Å². The molecule has 112 valence electrons. The van der Waals surface area contributed by atoms with Gasteiger partial charge in [0.2, 0.25) is 5.91 Å². The van der Waals surface area contributed by atoms with Crippen LogP contribution in [0.4, 0.5) is 14.9 Å². The van der Waals surface area contributed by atoms with E-state index in [0.717, 1.165) is 11.0 Å². The lowest BCUT2D eigenvalue weighted by Crippen LogP contribution is -2.60. The molecule has 0 bridgehead atoms. The third-order valence-electron chi connectivity index (χ3n) is 2.90. The summed E-state index contributed by atoms with van der Waals surface area (Å²) in [6, 6.07) is 1.93. The molecule has 1 saturated heterocycles. The summed E-state index contributed by atoms with van der Waals surface area (Å²) in [4.78, 5) is 35.4. The monoisotopic (exact) mass is 359 g/mol. The molecule has 1 heterocycles. The van der Waals surface area contributed by atoms with Crippen molar-refractivity contribution in [2.24, 2.45) is 0 Å². The zero-order chi connectivity index (χ0) is 15.6. The number of aliphatic carboxylic acids is 1. The highest BCUT2D eigenvalue weighted by molar-refractivity contribution is 9.10. The number of hydrogen-bond acceptors (Lipinski definition) is 3. The van der Waals surface area contributed by atoms with Crippen LogP contribution in [-0.2, 0) is 9.59 Å². The zero-order valence-corrected chi connectivity index (χ0v) is 12.2. The second-order valence-electron chi connectivity index (χ2n) is 4.35. The number of nitrogens with zero attached hydrogens (tertiary/aromatic N) is 1. The van der Waals surface area contributed by atoms with Crippen LogP contribution in [-0.4, -0.2) is 47.0 Å². The Morgan fingerprint density at radius 3 is 2.81 bits per heavy atom. The number of carbonyl (C=O) groups is 3. The van der Waals surface area contributed by atoms with E-state index >= 15 is 0 Å². The molecule has 21 heavy (non-hydrogen) atoms. The highest BCUT2D eigenvalue weighted by Crippen LogP contribution is 2.20. The van der Waals surface area contributed by atoms with Crippen molar-refractivity contribution in [1.82, 2.24) is 10.2 Å². The molecular weight excluding hydrogens is 349 g/mol. The Morgan fingerprint density at radius 1 is 1.48 bits per heavy atom. The van der Waals surface area contributed by atoms with Crippen LogP contribution >= 0.6 is 15.9 Å². The molecule has 1 aromatic carbocycles. The van der Waals surface area contributed by atoms with Crippen LogP contribution < -0.4 is 10.6 Å². The Balaban J connectivity index is 2.14. The fraction of sp³-hybridized carbons (Fsp3) is 0.250. The van der Waals surface area contributed by atoms with Gasteiger partial charge in [0.15, 0.2) is 0 Å². The topological polar surface area (TPSA) is 98.7 Å². The molecule has 1 aromatic rings. The SMILES string of the molecule is O=C1CN(C(=O)Nc2ccc(F)c(Br)c2)C(C(=O)O)CN1. The van der Waals surface area contributed by atoms with Gasteiger partial charge in [-0.3, -0.25) is 9.69 Å². The number of carboxylic acids is 1. The number of urea groups is 1. The number of anilines is 1. The molecule has 2 rings (SSSR count). The molecule has 0 aromatic heterocycles. The number of carbonyl (C=O) groups excluding carboxylic acids is 2. The number of hydrogen-bond donors (Lipinski definition) is 3. The number of amides is 3. The van der Waals surface area contributed by atoms with E-state index in [9.17, 15) is 18.8 Å². The second-order valence-corrected chi connectivity index (χ2v) is 5.20. The average Bonchev–Trinajstić information content (AvgIpc) is 2.42. The minimum atomic E-state index is -1.22. The van der Waals surface area contributed by atoms with Crippen molar-refractivity contribution >= 4 is 39.5 Å². The first-order chi connectivity index (χ1) is 9.88. The Morgan fingerprint density at radius 2 is 2.19 bits per heavy atom. The summed E-state index contributed by atoms with van der Waals surface area (Å²) < 4.78 is 13.3. The minimum absolute atomic E-state index is 0.158. The maximum Gasteiger partial charge on any atom is 0.328 e. The fourth-order valence-electron chi connectivity index (χ4n) is 1.84. The van der Waals surface area contributed by atoms with E-state index in [-0.39, 0.29) is 23.2 Å². The lowest BCUT2D eigenvalue weighted by molar-refractivity contribution is -0.144. The molecule has 9 heteroatoms. The molecule has 0 aliphatic carbocycles. The third kappa shape index (κ3) is 3.48. The highest BCUT2D eigenvalue weighted by Gasteiger charge is 2.35. The summed E-state index contributed by atoms with van der Waals surface area (Å²) in [5.41, 5.74) is 0.281. The standard InChI is InChI=1S/C12H11BrFN3O4/c13-7-3-6(1-2-8(7)14)16-12(21)17-5-10(18)15-4-9(17)11(19)20/h1-3,9H,4-5H2,(H,15,18)(H,16,21)(H,19,20). The van der Waals surface area contributed by atoms with E-state index in [1.165, 1.54) is 12.1 Å². The number of rotatable bonds is 2. The van der Waals surface area contributed by atoms with Gasteiger partial charge in [0, 0.05) is 12.2 Å². The van der Waals surface area contributed by atoms with Gasteiger partial charge in [-0.25, -0.2) is 14.0 Å². The number of halogens is 2. The highest BCUT2D eigenvalue weighted by atomic mass is 79.9. The number of piperazine rings is 1. The van der Waals surface area contributed by atoms with Crippen molar-refractivity contribution in [2.75, 3.05) is 18.4 Å². The van der Waals surface area contributed by atoms with Crippen LogP contribution in [0.25, 0.3) is 0 Å². The van der Waals surface area contributed by atoms with Crippen molar-refractivity contribution in [1.29, 1.82) is 0 Å². The van der Waals surface area contributed by atoms with E-state index in [1.54, 1.807) is 0 Å². The Hall–Kier alpha value is -2.16.